The number of aromatic amines is 1. The number of hydrogen-bond acceptors (Lipinski definition) is 5. The Morgan fingerprint density at radius 2 is 2.14 bits per heavy atom. The maximum Gasteiger partial charge on any atom is 0.124 e. The molecule has 1 fully saturated rings. The van der Waals surface area contributed by atoms with Gasteiger partial charge in [0.15, 0.2) is 0 Å². The lowest BCUT2D eigenvalue weighted by Gasteiger charge is -2.35. The van der Waals surface area contributed by atoms with Gasteiger partial charge in [-0.3, -0.25) is 4.90 Å². The van der Waals surface area contributed by atoms with Crippen LogP contribution in [0.15, 0.2) is 53.4 Å². The van der Waals surface area contributed by atoms with Crippen LogP contribution in [0.25, 0.3) is 11.0 Å². The van der Waals surface area contributed by atoms with Gasteiger partial charge in [-0.25, -0.2) is 4.98 Å². The number of rotatable bonds is 7. The van der Waals surface area contributed by atoms with Gasteiger partial charge in [-0.1, -0.05) is 24.3 Å². The van der Waals surface area contributed by atoms with E-state index in [-0.39, 0.29) is 18.2 Å². The van der Waals surface area contributed by atoms with Gasteiger partial charge < -0.3 is 14.8 Å². The van der Waals surface area contributed by atoms with E-state index in [4.69, 9.17) is 9.72 Å². The summed E-state index contributed by atoms with van der Waals surface area (Å²) in [7, 11) is 2.16. The SMILES string of the molecule is CC(O)CSc1cccc(COC2CCN(C)C(c3nc4ccccc4[nH]3)C2)c1. The Hall–Kier alpha value is -1.86. The highest BCUT2D eigenvalue weighted by molar-refractivity contribution is 7.99. The number of imidazole rings is 1. The number of H-pyrrole nitrogens is 1. The van der Waals surface area contributed by atoms with Crippen molar-refractivity contribution in [2.75, 3.05) is 19.3 Å². The smallest absolute Gasteiger partial charge is 0.124 e. The second-order valence-electron chi connectivity index (χ2n) is 7.90. The third-order valence-electron chi connectivity index (χ3n) is 5.42. The lowest BCUT2D eigenvalue weighted by Crippen LogP contribution is -2.37. The Labute approximate surface area is 176 Å². The van der Waals surface area contributed by atoms with Crippen molar-refractivity contribution in [3.8, 4) is 0 Å². The molecule has 0 radical (unpaired) electrons. The van der Waals surface area contributed by atoms with E-state index >= 15 is 0 Å². The number of para-hydroxylation sites is 2. The summed E-state index contributed by atoms with van der Waals surface area (Å²) < 4.78 is 6.30. The van der Waals surface area contributed by atoms with E-state index in [9.17, 15) is 5.11 Å². The minimum atomic E-state index is -0.297. The highest BCUT2D eigenvalue weighted by Gasteiger charge is 2.30. The molecule has 0 amide bonds. The van der Waals surface area contributed by atoms with E-state index in [1.54, 1.807) is 11.8 Å². The summed E-state index contributed by atoms with van der Waals surface area (Å²) in [6.45, 7) is 3.43. The molecule has 1 aliphatic rings. The van der Waals surface area contributed by atoms with E-state index in [1.807, 2.05) is 19.1 Å². The summed E-state index contributed by atoms with van der Waals surface area (Å²) >= 11 is 1.68. The standard InChI is InChI=1S/C23H29N3O2S/c1-16(27)15-29-19-7-5-6-17(12-19)14-28-18-10-11-26(2)22(13-18)23-24-20-8-3-4-9-21(20)25-23/h3-9,12,16,18,22,27H,10-11,13-15H2,1-2H3,(H,24,25). The number of aliphatic hydroxyl groups excluding tert-OH is 1. The minimum absolute atomic E-state index is 0.221. The van der Waals surface area contributed by atoms with Crippen molar-refractivity contribution in [1.29, 1.82) is 0 Å². The summed E-state index contributed by atoms with van der Waals surface area (Å²) in [5, 5.41) is 9.49. The van der Waals surface area contributed by atoms with Gasteiger partial charge in [0, 0.05) is 17.2 Å². The van der Waals surface area contributed by atoms with Crippen LogP contribution in [0.2, 0.25) is 0 Å². The first kappa shape index (κ1) is 20.4. The summed E-state index contributed by atoms with van der Waals surface area (Å²) in [5.41, 5.74) is 3.29. The maximum atomic E-state index is 9.49. The van der Waals surface area contributed by atoms with Gasteiger partial charge in [-0.15, -0.1) is 11.8 Å². The Balaban J connectivity index is 1.38. The number of benzene rings is 2. The van der Waals surface area contributed by atoms with Crippen LogP contribution in [-0.4, -0.2) is 51.5 Å². The lowest BCUT2D eigenvalue weighted by molar-refractivity contribution is -0.0197. The van der Waals surface area contributed by atoms with Crippen LogP contribution in [0.3, 0.4) is 0 Å². The molecule has 0 aliphatic carbocycles. The molecule has 3 unspecified atom stereocenters. The van der Waals surface area contributed by atoms with Crippen LogP contribution in [-0.2, 0) is 11.3 Å². The molecule has 2 aromatic carbocycles. The van der Waals surface area contributed by atoms with Crippen LogP contribution in [0.5, 0.6) is 0 Å². The zero-order valence-corrected chi connectivity index (χ0v) is 17.9. The zero-order valence-electron chi connectivity index (χ0n) is 17.0. The van der Waals surface area contributed by atoms with Crippen LogP contribution in [0.1, 0.15) is 37.2 Å². The average Bonchev–Trinajstić information content (AvgIpc) is 3.16. The topological polar surface area (TPSA) is 61.4 Å². The first-order valence-corrected chi connectivity index (χ1v) is 11.2. The van der Waals surface area contributed by atoms with Crippen molar-refractivity contribution < 1.29 is 9.84 Å². The van der Waals surface area contributed by atoms with Gasteiger partial charge >= 0.3 is 0 Å². The average molecular weight is 412 g/mol. The molecule has 6 heteroatoms. The van der Waals surface area contributed by atoms with Crippen molar-refractivity contribution in [1.82, 2.24) is 14.9 Å². The molecule has 4 rings (SSSR count). The number of hydrogen-bond donors (Lipinski definition) is 2. The molecule has 3 aromatic rings. The Bertz CT molecular complexity index is 910. The lowest BCUT2D eigenvalue weighted by atomic mass is 9.99. The Morgan fingerprint density at radius 1 is 1.28 bits per heavy atom. The summed E-state index contributed by atoms with van der Waals surface area (Å²) in [6.07, 6.45) is 1.89. The molecular weight excluding hydrogens is 382 g/mol. The zero-order chi connectivity index (χ0) is 20.2. The minimum Gasteiger partial charge on any atom is -0.393 e. The molecule has 0 saturated carbocycles. The maximum absolute atomic E-state index is 9.49. The normalized spacial score (nSPS) is 21.5. The number of likely N-dealkylation sites (tertiary alicyclic amines) is 1. The van der Waals surface area contributed by atoms with Crippen molar-refractivity contribution in [3.63, 3.8) is 0 Å². The number of piperidine rings is 1. The van der Waals surface area contributed by atoms with Crippen molar-refractivity contribution >= 4 is 22.8 Å². The van der Waals surface area contributed by atoms with Gasteiger partial charge in [0.2, 0.25) is 0 Å². The molecule has 29 heavy (non-hydrogen) atoms. The van der Waals surface area contributed by atoms with Gasteiger partial charge in [0.25, 0.3) is 0 Å². The predicted molar refractivity (Wildman–Crippen MR) is 118 cm³/mol. The first-order chi connectivity index (χ1) is 14.1. The second kappa shape index (κ2) is 9.30. The molecule has 5 nitrogen and oxygen atoms in total. The Kier molecular flexibility index (Phi) is 6.55. The molecule has 1 aliphatic heterocycles. The number of aliphatic hydroxyl groups is 1. The fourth-order valence-electron chi connectivity index (χ4n) is 3.81. The van der Waals surface area contributed by atoms with Crippen LogP contribution < -0.4 is 0 Å². The molecule has 2 heterocycles. The van der Waals surface area contributed by atoms with Gasteiger partial charge in [0.05, 0.1) is 35.9 Å². The van der Waals surface area contributed by atoms with Gasteiger partial charge in [0.1, 0.15) is 5.82 Å². The second-order valence-corrected chi connectivity index (χ2v) is 8.99. The third kappa shape index (κ3) is 5.20. The monoisotopic (exact) mass is 411 g/mol. The highest BCUT2D eigenvalue weighted by atomic mass is 32.2. The van der Waals surface area contributed by atoms with Crippen molar-refractivity contribution in [2.24, 2.45) is 0 Å². The van der Waals surface area contributed by atoms with Gasteiger partial charge in [-0.2, -0.15) is 0 Å². The molecule has 154 valence electrons. The molecule has 0 bridgehead atoms. The van der Waals surface area contributed by atoms with E-state index < -0.39 is 0 Å². The van der Waals surface area contributed by atoms with E-state index in [1.165, 1.54) is 10.5 Å². The van der Waals surface area contributed by atoms with E-state index in [2.05, 4.69) is 53.3 Å². The number of thioether (sulfide) groups is 1. The largest absolute Gasteiger partial charge is 0.393 e. The summed E-state index contributed by atoms with van der Waals surface area (Å²) in [5.74, 6) is 1.73. The number of fused-ring (bicyclic) bond motifs is 1. The molecule has 3 atom stereocenters. The third-order valence-corrected chi connectivity index (χ3v) is 6.66. The van der Waals surface area contributed by atoms with E-state index in [0.29, 0.717) is 12.4 Å². The molecule has 1 aromatic heterocycles. The van der Waals surface area contributed by atoms with Crippen LogP contribution >= 0.6 is 11.8 Å². The van der Waals surface area contributed by atoms with Crippen molar-refractivity contribution in [2.45, 2.75) is 49.5 Å². The van der Waals surface area contributed by atoms with Crippen LogP contribution in [0.4, 0.5) is 0 Å². The Morgan fingerprint density at radius 3 is 2.97 bits per heavy atom. The molecule has 0 spiro atoms. The van der Waals surface area contributed by atoms with Crippen molar-refractivity contribution in [3.05, 3.63) is 59.9 Å². The number of nitrogens with zero attached hydrogens (tertiary/aromatic N) is 2. The quantitative estimate of drug-likeness (QED) is 0.565. The van der Waals surface area contributed by atoms with Crippen LogP contribution in [0, 0.1) is 0 Å². The molecule has 2 N–H and O–H groups in total. The fourth-order valence-corrected chi connectivity index (χ4v) is 4.65. The predicted octanol–water partition coefficient (Wildman–Crippen LogP) is 4.39. The summed E-state index contributed by atoms with van der Waals surface area (Å²) in [4.78, 5) is 11.8. The number of aromatic nitrogens is 2. The highest BCUT2D eigenvalue weighted by Crippen LogP contribution is 2.31. The summed E-state index contributed by atoms with van der Waals surface area (Å²) in [6, 6.07) is 16.9. The number of nitrogens with one attached hydrogen (secondary N) is 1. The number of ether oxygens (including phenoxy) is 1. The van der Waals surface area contributed by atoms with Gasteiger partial charge in [-0.05, 0) is 56.6 Å². The molecular formula is C23H29N3O2S. The molecule has 1 saturated heterocycles. The van der Waals surface area contributed by atoms with E-state index in [0.717, 1.165) is 36.2 Å². The fraction of sp³-hybridized carbons (Fsp3) is 0.435. The first-order valence-electron chi connectivity index (χ1n) is 10.2.